The molecular weight excluding hydrogens is 364 g/mol. The number of carbonyl (C=O) groups is 1. The highest BCUT2D eigenvalue weighted by Crippen LogP contribution is 2.19. The van der Waals surface area contributed by atoms with Gasteiger partial charge in [0, 0.05) is 0 Å². The lowest BCUT2D eigenvalue weighted by Gasteiger charge is -1.99. The maximum Gasteiger partial charge on any atom is 0.315 e. The molecule has 110 valence electrons. The van der Waals surface area contributed by atoms with Gasteiger partial charge in [-0.3, -0.25) is 4.79 Å². The van der Waals surface area contributed by atoms with Gasteiger partial charge in [-0.2, -0.15) is 4.99 Å². The number of amides is 1. The molecule has 0 bridgehead atoms. The second kappa shape index (κ2) is 5.95. The molecule has 2 heterocycles. The van der Waals surface area contributed by atoms with Crippen LogP contribution in [0.15, 0.2) is 44.4 Å². The van der Waals surface area contributed by atoms with Gasteiger partial charge in [-0.25, -0.2) is 0 Å². The Labute approximate surface area is 139 Å². The summed E-state index contributed by atoms with van der Waals surface area (Å²) in [6.07, 6.45) is 5.44. The maximum absolute atomic E-state index is 12.2. The monoisotopic (exact) mass is 374 g/mol. The lowest BCUT2D eigenvalue weighted by molar-refractivity contribution is 0.0970. The SMILES string of the molecule is C#CCn1c(=NC(=O)c2ccc(Br)o2)sc2cc(C)ccc21. The van der Waals surface area contributed by atoms with Gasteiger partial charge >= 0.3 is 5.91 Å². The largest absolute Gasteiger partial charge is 0.444 e. The van der Waals surface area contributed by atoms with E-state index in [-0.39, 0.29) is 5.76 Å². The van der Waals surface area contributed by atoms with Crippen LogP contribution in [-0.4, -0.2) is 10.5 Å². The van der Waals surface area contributed by atoms with E-state index in [9.17, 15) is 4.79 Å². The first-order valence-electron chi connectivity index (χ1n) is 6.46. The molecule has 6 heteroatoms. The van der Waals surface area contributed by atoms with Crippen LogP contribution in [0, 0.1) is 19.3 Å². The van der Waals surface area contributed by atoms with Crippen molar-refractivity contribution < 1.29 is 9.21 Å². The summed E-state index contributed by atoms with van der Waals surface area (Å²) in [7, 11) is 0. The topological polar surface area (TPSA) is 47.5 Å². The van der Waals surface area contributed by atoms with Crippen molar-refractivity contribution in [1.82, 2.24) is 4.57 Å². The van der Waals surface area contributed by atoms with Gasteiger partial charge in [0.2, 0.25) is 0 Å². The van der Waals surface area contributed by atoms with E-state index < -0.39 is 5.91 Å². The number of hydrogen-bond acceptors (Lipinski definition) is 3. The summed E-state index contributed by atoms with van der Waals surface area (Å²) in [5.41, 5.74) is 2.12. The van der Waals surface area contributed by atoms with Crippen molar-refractivity contribution in [2.75, 3.05) is 0 Å². The molecule has 1 aromatic carbocycles. The summed E-state index contributed by atoms with van der Waals surface area (Å²) in [6, 6.07) is 9.30. The van der Waals surface area contributed by atoms with Gasteiger partial charge in [-0.1, -0.05) is 23.3 Å². The molecule has 0 atom stereocenters. The Bertz CT molecular complexity index is 972. The Balaban J connectivity index is 2.17. The smallest absolute Gasteiger partial charge is 0.315 e. The molecule has 4 nitrogen and oxygen atoms in total. The van der Waals surface area contributed by atoms with Crippen LogP contribution in [0.5, 0.6) is 0 Å². The van der Waals surface area contributed by atoms with Gasteiger partial charge in [-0.05, 0) is 52.7 Å². The predicted octanol–water partition coefficient (Wildman–Crippen LogP) is 3.74. The molecule has 3 rings (SSSR count). The van der Waals surface area contributed by atoms with Crippen molar-refractivity contribution in [1.29, 1.82) is 0 Å². The fourth-order valence-electron chi connectivity index (χ4n) is 2.08. The van der Waals surface area contributed by atoms with Gasteiger partial charge in [0.25, 0.3) is 0 Å². The standard InChI is InChI=1S/C16H11BrN2O2S/c1-3-8-19-11-5-4-10(2)9-13(11)22-16(19)18-15(20)12-6-7-14(17)21-12/h1,4-7,9H,8H2,2H3. The third-order valence-corrected chi connectivity index (χ3v) is 4.54. The van der Waals surface area contributed by atoms with E-state index in [0.717, 1.165) is 15.8 Å². The van der Waals surface area contributed by atoms with Crippen LogP contribution >= 0.6 is 27.3 Å². The van der Waals surface area contributed by atoms with Gasteiger partial charge in [0.1, 0.15) is 0 Å². The van der Waals surface area contributed by atoms with Gasteiger partial charge in [0.05, 0.1) is 16.8 Å². The number of nitrogens with zero attached hydrogens (tertiary/aromatic N) is 2. The van der Waals surface area contributed by atoms with E-state index in [4.69, 9.17) is 10.8 Å². The molecule has 1 amide bonds. The van der Waals surface area contributed by atoms with Gasteiger partial charge in [0.15, 0.2) is 15.2 Å². The molecule has 0 fully saturated rings. The van der Waals surface area contributed by atoms with Crippen molar-refractivity contribution >= 4 is 43.4 Å². The number of thiazole rings is 1. The third kappa shape index (κ3) is 2.78. The number of fused-ring (bicyclic) bond motifs is 1. The number of aryl methyl sites for hydroxylation is 1. The van der Waals surface area contributed by atoms with E-state index in [2.05, 4.69) is 32.9 Å². The lowest BCUT2D eigenvalue weighted by Crippen LogP contribution is -2.16. The second-order valence-electron chi connectivity index (χ2n) is 4.67. The van der Waals surface area contributed by atoms with Gasteiger partial charge < -0.3 is 8.98 Å². The first kappa shape index (κ1) is 14.8. The highest BCUT2D eigenvalue weighted by Gasteiger charge is 2.11. The fraction of sp³-hybridized carbons (Fsp3) is 0.125. The van der Waals surface area contributed by atoms with Gasteiger partial charge in [-0.15, -0.1) is 6.42 Å². The highest BCUT2D eigenvalue weighted by atomic mass is 79.9. The van der Waals surface area contributed by atoms with Crippen LogP contribution in [0.1, 0.15) is 16.1 Å². The highest BCUT2D eigenvalue weighted by molar-refractivity contribution is 9.10. The quantitative estimate of drug-likeness (QED) is 0.641. The fourth-order valence-corrected chi connectivity index (χ4v) is 3.51. The minimum Gasteiger partial charge on any atom is -0.444 e. The Kier molecular flexibility index (Phi) is 4.01. The van der Waals surface area contributed by atoms with Crippen LogP contribution in [0.3, 0.4) is 0 Å². The molecule has 0 spiro atoms. The molecule has 0 N–H and O–H groups in total. The zero-order chi connectivity index (χ0) is 15.7. The first-order valence-corrected chi connectivity index (χ1v) is 8.07. The van der Waals surface area contributed by atoms with Crippen LogP contribution in [0.2, 0.25) is 0 Å². The van der Waals surface area contributed by atoms with Crippen LogP contribution < -0.4 is 4.80 Å². The zero-order valence-corrected chi connectivity index (χ0v) is 14.1. The summed E-state index contributed by atoms with van der Waals surface area (Å²) in [6.45, 7) is 2.38. The lowest BCUT2D eigenvalue weighted by atomic mass is 10.2. The molecule has 0 aliphatic heterocycles. The number of rotatable bonds is 2. The Morgan fingerprint density at radius 1 is 1.45 bits per heavy atom. The average Bonchev–Trinajstić information content (AvgIpc) is 3.04. The number of aromatic nitrogens is 1. The van der Waals surface area contributed by atoms with E-state index in [0.29, 0.717) is 16.0 Å². The third-order valence-electron chi connectivity index (χ3n) is 3.07. The Hall–Kier alpha value is -2.10. The second-order valence-corrected chi connectivity index (χ2v) is 6.46. The average molecular weight is 375 g/mol. The summed E-state index contributed by atoms with van der Waals surface area (Å²) in [5, 5.41) is 0. The van der Waals surface area contributed by atoms with E-state index >= 15 is 0 Å². The maximum atomic E-state index is 12.2. The molecule has 0 aliphatic rings. The van der Waals surface area contributed by atoms with Crippen LogP contribution in [-0.2, 0) is 6.54 Å². The Morgan fingerprint density at radius 3 is 2.95 bits per heavy atom. The molecule has 3 aromatic rings. The van der Waals surface area contributed by atoms with Crippen LogP contribution in [0.4, 0.5) is 0 Å². The van der Waals surface area contributed by atoms with E-state index in [1.54, 1.807) is 12.1 Å². The van der Waals surface area contributed by atoms with Crippen LogP contribution in [0.25, 0.3) is 10.2 Å². The van der Waals surface area contributed by atoms with Crippen molar-refractivity contribution in [2.45, 2.75) is 13.5 Å². The minimum absolute atomic E-state index is 0.188. The molecular formula is C16H11BrN2O2S. The number of benzene rings is 1. The summed E-state index contributed by atoms with van der Waals surface area (Å²) in [5.74, 6) is 2.36. The number of halogens is 1. The van der Waals surface area contributed by atoms with E-state index in [1.807, 2.05) is 23.6 Å². The predicted molar refractivity (Wildman–Crippen MR) is 89.7 cm³/mol. The van der Waals surface area contributed by atoms with Crippen molar-refractivity contribution in [2.24, 2.45) is 4.99 Å². The summed E-state index contributed by atoms with van der Waals surface area (Å²) >= 11 is 4.61. The molecule has 0 unspecified atom stereocenters. The molecule has 22 heavy (non-hydrogen) atoms. The minimum atomic E-state index is -0.431. The van der Waals surface area contributed by atoms with Crippen molar-refractivity contribution in [3.8, 4) is 12.3 Å². The number of carbonyl (C=O) groups excluding carboxylic acids is 1. The Morgan fingerprint density at radius 2 is 2.27 bits per heavy atom. The number of terminal acetylenes is 1. The van der Waals surface area contributed by atoms with E-state index in [1.165, 1.54) is 11.3 Å². The molecule has 0 radical (unpaired) electrons. The number of furan rings is 1. The summed E-state index contributed by atoms with van der Waals surface area (Å²) in [4.78, 5) is 16.9. The normalized spacial score (nSPS) is 11.8. The summed E-state index contributed by atoms with van der Waals surface area (Å²) < 4.78 is 8.63. The zero-order valence-electron chi connectivity index (χ0n) is 11.7. The molecule has 2 aromatic heterocycles. The first-order chi connectivity index (χ1) is 10.6. The molecule has 0 saturated carbocycles. The molecule has 0 saturated heterocycles. The van der Waals surface area contributed by atoms with Crippen molar-refractivity contribution in [3.05, 3.63) is 51.1 Å². The number of hydrogen-bond donors (Lipinski definition) is 0. The molecule has 0 aliphatic carbocycles. The van der Waals surface area contributed by atoms with Crippen molar-refractivity contribution in [3.63, 3.8) is 0 Å².